The van der Waals surface area contributed by atoms with Gasteiger partial charge in [-0.2, -0.15) is 0 Å². The summed E-state index contributed by atoms with van der Waals surface area (Å²) in [5, 5.41) is 3.32. The van der Waals surface area contributed by atoms with Crippen molar-refractivity contribution in [3.8, 4) is 0 Å². The molecule has 1 atom stereocenters. The van der Waals surface area contributed by atoms with E-state index in [4.69, 9.17) is 0 Å². The molecule has 1 nitrogen and oxygen atoms in total. The third kappa shape index (κ3) is 2.51. The molecule has 0 fully saturated rings. The van der Waals surface area contributed by atoms with Crippen LogP contribution in [0.5, 0.6) is 0 Å². The monoisotopic (exact) mass is 259 g/mol. The summed E-state index contributed by atoms with van der Waals surface area (Å²) in [5.41, 5.74) is 3.00. The molecule has 0 aromatic heterocycles. The van der Waals surface area contributed by atoms with Crippen LogP contribution in [-0.2, 0) is 13.0 Å². The summed E-state index contributed by atoms with van der Waals surface area (Å²) in [7, 11) is 0. The van der Waals surface area contributed by atoms with Crippen LogP contribution in [-0.4, -0.2) is 0 Å². The lowest BCUT2D eigenvalue weighted by atomic mass is 10.1. The van der Waals surface area contributed by atoms with Crippen LogP contribution in [0.25, 0.3) is 0 Å². The molecule has 19 heavy (non-hydrogen) atoms. The molecule has 2 aromatic rings. The molecule has 1 aliphatic rings. The minimum Gasteiger partial charge on any atom is -0.306 e. The van der Waals surface area contributed by atoms with Crippen molar-refractivity contribution in [3.05, 3.63) is 70.8 Å². The molecule has 3 heteroatoms. The Bertz CT molecular complexity index is 595. The van der Waals surface area contributed by atoms with E-state index in [1.165, 1.54) is 23.3 Å². The predicted molar refractivity (Wildman–Crippen MR) is 70.7 cm³/mol. The van der Waals surface area contributed by atoms with Crippen molar-refractivity contribution in [2.75, 3.05) is 0 Å². The van der Waals surface area contributed by atoms with Gasteiger partial charge in [0, 0.05) is 18.2 Å². The number of rotatable bonds is 3. The van der Waals surface area contributed by atoms with Crippen molar-refractivity contribution < 1.29 is 8.78 Å². The second-order valence-electron chi connectivity index (χ2n) is 4.91. The lowest BCUT2D eigenvalue weighted by Gasteiger charge is -2.14. The first-order chi connectivity index (χ1) is 9.24. The number of benzene rings is 2. The molecule has 1 aliphatic carbocycles. The highest BCUT2D eigenvalue weighted by atomic mass is 19.1. The fraction of sp³-hybridized carbons (Fsp3) is 0.250. The summed E-state index contributed by atoms with van der Waals surface area (Å²) in [5.74, 6) is -0.759. The largest absolute Gasteiger partial charge is 0.306 e. The highest BCUT2D eigenvalue weighted by molar-refractivity contribution is 5.34. The van der Waals surface area contributed by atoms with Crippen molar-refractivity contribution in [2.45, 2.75) is 25.4 Å². The zero-order chi connectivity index (χ0) is 13.2. The Morgan fingerprint density at radius 1 is 1.11 bits per heavy atom. The second-order valence-corrected chi connectivity index (χ2v) is 4.91. The molecule has 0 saturated carbocycles. The number of halogens is 2. The summed E-state index contributed by atoms with van der Waals surface area (Å²) >= 11 is 0. The van der Waals surface area contributed by atoms with Crippen LogP contribution in [0.2, 0.25) is 0 Å². The average Bonchev–Trinajstić information content (AvgIpc) is 2.83. The van der Waals surface area contributed by atoms with E-state index >= 15 is 0 Å². The van der Waals surface area contributed by atoms with E-state index in [-0.39, 0.29) is 11.9 Å². The lowest BCUT2D eigenvalue weighted by Crippen LogP contribution is -2.19. The van der Waals surface area contributed by atoms with Crippen molar-refractivity contribution >= 4 is 0 Å². The molecule has 1 unspecified atom stereocenters. The predicted octanol–water partition coefficient (Wildman–Crippen LogP) is 3.74. The molecule has 0 amide bonds. The molecule has 0 saturated heterocycles. The van der Waals surface area contributed by atoms with Crippen LogP contribution in [0.1, 0.15) is 29.2 Å². The van der Waals surface area contributed by atoms with Gasteiger partial charge in [-0.15, -0.1) is 0 Å². The van der Waals surface area contributed by atoms with Gasteiger partial charge in [-0.3, -0.25) is 0 Å². The summed E-state index contributed by atoms with van der Waals surface area (Å²) in [6.45, 7) is 0.350. The standard InChI is InChI=1S/C16H15F2N/c17-13-6-7-15(18)12(9-13)10-19-16-8-5-11-3-1-2-4-14(11)16/h1-4,6-7,9,16,19H,5,8,10H2. The van der Waals surface area contributed by atoms with Gasteiger partial charge in [0.05, 0.1) is 0 Å². The number of aryl methyl sites for hydroxylation is 1. The second kappa shape index (κ2) is 5.10. The zero-order valence-electron chi connectivity index (χ0n) is 10.5. The van der Waals surface area contributed by atoms with Crippen molar-refractivity contribution in [3.63, 3.8) is 0 Å². The number of hydrogen-bond donors (Lipinski definition) is 1. The van der Waals surface area contributed by atoms with E-state index in [2.05, 4.69) is 17.4 Å². The van der Waals surface area contributed by atoms with Gasteiger partial charge in [0.25, 0.3) is 0 Å². The maximum absolute atomic E-state index is 13.5. The lowest BCUT2D eigenvalue weighted by molar-refractivity contribution is 0.509. The maximum Gasteiger partial charge on any atom is 0.127 e. The Hall–Kier alpha value is -1.74. The number of hydrogen-bond acceptors (Lipinski definition) is 1. The normalized spacial score (nSPS) is 17.5. The summed E-state index contributed by atoms with van der Waals surface area (Å²) < 4.78 is 26.6. The van der Waals surface area contributed by atoms with E-state index in [0.29, 0.717) is 12.1 Å². The zero-order valence-corrected chi connectivity index (χ0v) is 10.5. The highest BCUT2D eigenvalue weighted by Gasteiger charge is 2.21. The Kier molecular flexibility index (Phi) is 3.30. The Labute approximate surface area is 111 Å². The van der Waals surface area contributed by atoms with Gasteiger partial charge in [0.2, 0.25) is 0 Å². The minimum atomic E-state index is -0.398. The van der Waals surface area contributed by atoms with Crippen LogP contribution < -0.4 is 5.32 Å². The minimum absolute atomic E-state index is 0.235. The molecule has 0 radical (unpaired) electrons. The molecule has 0 spiro atoms. The van der Waals surface area contributed by atoms with E-state index < -0.39 is 5.82 Å². The molecule has 0 aliphatic heterocycles. The Balaban J connectivity index is 1.72. The van der Waals surface area contributed by atoms with Gasteiger partial charge in [0.1, 0.15) is 11.6 Å². The van der Waals surface area contributed by atoms with Crippen LogP contribution in [0.3, 0.4) is 0 Å². The fourth-order valence-electron chi connectivity index (χ4n) is 2.68. The molecular formula is C16H15F2N. The van der Waals surface area contributed by atoms with E-state index in [9.17, 15) is 8.78 Å². The molecule has 1 N–H and O–H groups in total. The topological polar surface area (TPSA) is 12.0 Å². The van der Waals surface area contributed by atoms with Crippen molar-refractivity contribution in [1.82, 2.24) is 5.32 Å². The SMILES string of the molecule is Fc1ccc(F)c(CNC2CCc3ccccc32)c1. The third-order valence-corrected chi connectivity index (χ3v) is 3.68. The summed E-state index contributed by atoms with van der Waals surface area (Å²) in [6, 6.07) is 12.1. The molecule has 2 aromatic carbocycles. The van der Waals surface area contributed by atoms with Gasteiger partial charge in [-0.25, -0.2) is 8.78 Å². The van der Waals surface area contributed by atoms with Gasteiger partial charge < -0.3 is 5.32 Å². The molecule has 0 heterocycles. The summed E-state index contributed by atoms with van der Waals surface area (Å²) in [6.07, 6.45) is 2.05. The van der Waals surface area contributed by atoms with Gasteiger partial charge in [-0.1, -0.05) is 24.3 Å². The quantitative estimate of drug-likeness (QED) is 0.885. The van der Waals surface area contributed by atoms with Crippen LogP contribution in [0, 0.1) is 11.6 Å². The van der Waals surface area contributed by atoms with Crippen molar-refractivity contribution in [1.29, 1.82) is 0 Å². The smallest absolute Gasteiger partial charge is 0.127 e. The molecule has 0 bridgehead atoms. The first-order valence-corrected chi connectivity index (χ1v) is 6.49. The maximum atomic E-state index is 13.5. The Morgan fingerprint density at radius 3 is 2.84 bits per heavy atom. The van der Waals surface area contributed by atoms with Gasteiger partial charge in [-0.05, 0) is 42.2 Å². The first kappa shape index (κ1) is 12.3. The van der Waals surface area contributed by atoms with Gasteiger partial charge >= 0.3 is 0 Å². The first-order valence-electron chi connectivity index (χ1n) is 6.49. The fourth-order valence-corrected chi connectivity index (χ4v) is 2.68. The Morgan fingerprint density at radius 2 is 1.95 bits per heavy atom. The average molecular weight is 259 g/mol. The van der Waals surface area contributed by atoms with Gasteiger partial charge in [0.15, 0.2) is 0 Å². The molecule has 3 rings (SSSR count). The van der Waals surface area contributed by atoms with Crippen molar-refractivity contribution in [2.24, 2.45) is 0 Å². The van der Waals surface area contributed by atoms with E-state index in [0.717, 1.165) is 18.9 Å². The number of fused-ring (bicyclic) bond motifs is 1. The molecular weight excluding hydrogens is 244 g/mol. The van der Waals surface area contributed by atoms with Crippen LogP contribution in [0.15, 0.2) is 42.5 Å². The van der Waals surface area contributed by atoms with E-state index in [1.54, 1.807) is 0 Å². The molecule has 98 valence electrons. The number of nitrogens with one attached hydrogen (secondary N) is 1. The summed E-state index contributed by atoms with van der Waals surface area (Å²) in [4.78, 5) is 0. The van der Waals surface area contributed by atoms with Crippen LogP contribution in [0.4, 0.5) is 8.78 Å². The third-order valence-electron chi connectivity index (χ3n) is 3.68. The highest BCUT2D eigenvalue weighted by Crippen LogP contribution is 2.30. The van der Waals surface area contributed by atoms with E-state index in [1.807, 2.05) is 12.1 Å². The van der Waals surface area contributed by atoms with Crippen LogP contribution >= 0.6 is 0 Å².